The summed E-state index contributed by atoms with van der Waals surface area (Å²) in [5.74, 6) is 0. The first-order valence-corrected chi connectivity index (χ1v) is 6.09. The first kappa shape index (κ1) is 12.4. The molecule has 0 saturated carbocycles. The van der Waals surface area contributed by atoms with Crippen molar-refractivity contribution in [1.82, 2.24) is 9.78 Å². The number of nitrogens with zero attached hydrogens (tertiary/aromatic N) is 2. The Morgan fingerprint density at radius 2 is 2.11 bits per heavy atom. The lowest BCUT2D eigenvalue weighted by Gasteiger charge is -2.03. The van der Waals surface area contributed by atoms with Crippen LogP contribution in [0.25, 0.3) is 10.9 Å². The predicted octanol–water partition coefficient (Wildman–Crippen LogP) is 4.03. The van der Waals surface area contributed by atoms with Crippen molar-refractivity contribution in [1.29, 1.82) is 0 Å². The van der Waals surface area contributed by atoms with Crippen LogP contribution in [-0.4, -0.2) is 9.78 Å². The number of aryl methyl sites for hydroxylation is 1. The van der Waals surface area contributed by atoms with E-state index < -0.39 is 0 Å². The van der Waals surface area contributed by atoms with Crippen molar-refractivity contribution >= 4 is 10.9 Å². The molecule has 0 aliphatic rings. The lowest BCUT2D eigenvalue weighted by Crippen LogP contribution is -2.01. The zero-order valence-electron chi connectivity index (χ0n) is 10.9. The molecule has 2 aromatic rings. The molecule has 0 N–H and O–H groups in total. The molecule has 2 heteroatoms. The standard InChI is InChI=1S/C16H18N2/c1-4-5-6-9-13(2)12-18-16-11-8-7-10-15(16)14(3)17-18/h4-11H,1,12H2,2-3H3/b6-5-,13-9+. The number of para-hydroxylation sites is 1. The maximum atomic E-state index is 4.59. The maximum absolute atomic E-state index is 4.59. The molecule has 92 valence electrons. The first-order chi connectivity index (χ1) is 8.72. The largest absolute Gasteiger partial charge is 0.261 e. The van der Waals surface area contributed by atoms with E-state index in [9.17, 15) is 0 Å². The molecular weight excluding hydrogens is 220 g/mol. The van der Waals surface area contributed by atoms with Crippen LogP contribution in [0.2, 0.25) is 0 Å². The van der Waals surface area contributed by atoms with Crippen molar-refractivity contribution in [2.24, 2.45) is 0 Å². The lowest BCUT2D eigenvalue weighted by atomic mass is 10.2. The Hall–Kier alpha value is -2.09. The molecule has 0 bridgehead atoms. The molecule has 18 heavy (non-hydrogen) atoms. The molecule has 0 aliphatic carbocycles. The van der Waals surface area contributed by atoms with Crippen LogP contribution in [0.1, 0.15) is 12.6 Å². The Morgan fingerprint density at radius 1 is 1.33 bits per heavy atom. The van der Waals surface area contributed by atoms with Crippen LogP contribution in [0.5, 0.6) is 0 Å². The molecule has 0 fully saturated rings. The highest BCUT2D eigenvalue weighted by molar-refractivity contribution is 5.81. The molecule has 1 aromatic heterocycles. The zero-order chi connectivity index (χ0) is 13.0. The SMILES string of the molecule is C=C/C=C\C=C(/C)Cn1nc(C)c2ccccc21. The Morgan fingerprint density at radius 3 is 2.89 bits per heavy atom. The fourth-order valence-corrected chi connectivity index (χ4v) is 2.00. The second-order valence-electron chi connectivity index (χ2n) is 4.39. The van der Waals surface area contributed by atoms with Gasteiger partial charge in [-0.05, 0) is 19.9 Å². The van der Waals surface area contributed by atoms with E-state index in [1.54, 1.807) is 6.08 Å². The molecule has 2 rings (SSSR count). The third kappa shape index (κ3) is 2.59. The van der Waals surface area contributed by atoms with E-state index in [4.69, 9.17) is 0 Å². The topological polar surface area (TPSA) is 17.8 Å². The lowest BCUT2D eigenvalue weighted by molar-refractivity contribution is 0.693. The molecule has 0 atom stereocenters. The summed E-state index contributed by atoms with van der Waals surface area (Å²) < 4.78 is 2.05. The number of hydrogen-bond donors (Lipinski definition) is 0. The van der Waals surface area contributed by atoms with Crippen LogP contribution in [0.4, 0.5) is 0 Å². The van der Waals surface area contributed by atoms with Gasteiger partial charge in [0.25, 0.3) is 0 Å². The summed E-state index contributed by atoms with van der Waals surface area (Å²) in [6, 6.07) is 8.33. The van der Waals surface area contributed by atoms with E-state index in [1.165, 1.54) is 16.5 Å². The van der Waals surface area contributed by atoms with Gasteiger partial charge < -0.3 is 0 Å². The average Bonchev–Trinajstić information content (AvgIpc) is 2.67. The maximum Gasteiger partial charge on any atom is 0.0689 e. The normalized spacial score (nSPS) is 12.4. The van der Waals surface area contributed by atoms with Gasteiger partial charge in [0, 0.05) is 5.39 Å². The average molecular weight is 238 g/mol. The summed E-state index contributed by atoms with van der Waals surface area (Å²) in [6.07, 6.45) is 7.79. The molecule has 0 saturated heterocycles. The third-order valence-corrected chi connectivity index (χ3v) is 2.87. The number of benzene rings is 1. The predicted molar refractivity (Wildman–Crippen MR) is 77.6 cm³/mol. The van der Waals surface area contributed by atoms with E-state index in [0.717, 1.165) is 12.2 Å². The second kappa shape index (κ2) is 5.50. The van der Waals surface area contributed by atoms with Gasteiger partial charge >= 0.3 is 0 Å². The van der Waals surface area contributed by atoms with Crippen LogP contribution >= 0.6 is 0 Å². The smallest absolute Gasteiger partial charge is 0.0689 e. The molecule has 1 aromatic carbocycles. The van der Waals surface area contributed by atoms with Crippen LogP contribution in [0.3, 0.4) is 0 Å². The Labute approximate surface area is 108 Å². The van der Waals surface area contributed by atoms with Crippen LogP contribution < -0.4 is 0 Å². The van der Waals surface area contributed by atoms with Crippen LogP contribution in [0, 0.1) is 6.92 Å². The van der Waals surface area contributed by atoms with Crippen molar-refractivity contribution in [3.8, 4) is 0 Å². The van der Waals surface area contributed by atoms with E-state index >= 15 is 0 Å². The summed E-state index contributed by atoms with van der Waals surface area (Å²) >= 11 is 0. The van der Waals surface area contributed by atoms with Gasteiger partial charge in [-0.15, -0.1) is 0 Å². The summed E-state index contributed by atoms with van der Waals surface area (Å²) in [5.41, 5.74) is 3.54. The van der Waals surface area contributed by atoms with E-state index in [0.29, 0.717) is 0 Å². The van der Waals surface area contributed by atoms with Crippen molar-refractivity contribution < 1.29 is 0 Å². The number of aromatic nitrogens is 2. The van der Waals surface area contributed by atoms with Gasteiger partial charge in [0.05, 0.1) is 17.8 Å². The molecule has 0 unspecified atom stereocenters. The Kier molecular flexibility index (Phi) is 3.78. The van der Waals surface area contributed by atoms with Crippen molar-refractivity contribution in [3.05, 3.63) is 66.4 Å². The molecule has 0 amide bonds. The van der Waals surface area contributed by atoms with Gasteiger partial charge in [-0.1, -0.05) is 54.7 Å². The number of fused-ring (bicyclic) bond motifs is 1. The van der Waals surface area contributed by atoms with E-state index in [-0.39, 0.29) is 0 Å². The quantitative estimate of drug-likeness (QED) is 0.735. The molecular formula is C16H18N2. The highest BCUT2D eigenvalue weighted by Gasteiger charge is 2.05. The third-order valence-electron chi connectivity index (χ3n) is 2.87. The molecule has 0 radical (unpaired) electrons. The van der Waals surface area contributed by atoms with Gasteiger partial charge in [0.1, 0.15) is 0 Å². The summed E-state index contributed by atoms with van der Waals surface area (Å²) in [6.45, 7) is 8.63. The van der Waals surface area contributed by atoms with Crippen molar-refractivity contribution in [2.75, 3.05) is 0 Å². The molecule has 1 heterocycles. The minimum Gasteiger partial charge on any atom is -0.261 e. The summed E-state index contributed by atoms with van der Waals surface area (Å²) in [7, 11) is 0. The molecule has 0 spiro atoms. The minimum absolute atomic E-state index is 0.815. The fourth-order valence-electron chi connectivity index (χ4n) is 2.00. The van der Waals surface area contributed by atoms with Crippen LogP contribution in [-0.2, 0) is 6.54 Å². The number of allylic oxidation sites excluding steroid dienone is 5. The highest BCUT2D eigenvalue weighted by atomic mass is 15.3. The Bertz CT molecular complexity index is 615. The van der Waals surface area contributed by atoms with Crippen molar-refractivity contribution in [2.45, 2.75) is 20.4 Å². The van der Waals surface area contributed by atoms with Gasteiger partial charge in [-0.3, -0.25) is 4.68 Å². The number of rotatable bonds is 4. The van der Waals surface area contributed by atoms with E-state index in [2.05, 4.69) is 60.5 Å². The zero-order valence-corrected chi connectivity index (χ0v) is 10.9. The van der Waals surface area contributed by atoms with Gasteiger partial charge in [0.15, 0.2) is 0 Å². The van der Waals surface area contributed by atoms with Crippen LogP contribution in [0.15, 0.2) is 60.7 Å². The first-order valence-electron chi connectivity index (χ1n) is 6.09. The fraction of sp³-hybridized carbons (Fsp3) is 0.188. The summed E-state index contributed by atoms with van der Waals surface area (Å²) in [4.78, 5) is 0. The monoisotopic (exact) mass is 238 g/mol. The van der Waals surface area contributed by atoms with E-state index in [1.807, 2.05) is 12.2 Å². The number of hydrogen-bond acceptors (Lipinski definition) is 1. The van der Waals surface area contributed by atoms with Gasteiger partial charge in [-0.25, -0.2) is 0 Å². The van der Waals surface area contributed by atoms with Crippen molar-refractivity contribution in [3.63, 3.8) is 0 Å². The minimum atomic E-state index is 0.815. The van der Waals surface area contributed by atoms with Gasteiger partial charge in [-0.2, -0.15) is 5.10 Å². The Balaban J connectivity index is 2.29. The molecule has 0 aliphatic heterocycles. The second-order valence-corrected chi connectivity index (χ2v) is 4.39. The summed E-state index contributed by atoms with van der Waals surface area (Å²) in [5, 5.41) is 5.82. The van der Waals surface area contributed by atoms with Gasteiger partial charge in [0.2, 0.25) is 0 Å². The highest BCUT2D eigenvalue weighted by Crippen LogP contribution is 2.18. The molecule has 2 nitrogen and oxygen atoms in total.